The number of hydrogen-bond acceptors (Lipinski definition) is 2. The van der Waals surface area contributed by atoms with Crippen molar-refractivity contribution < 1.29 is 5.11 Å². The first-order valence-corrected chi connectivity index (χ1v) is 8.67. The fourth-order valence-corrected chi connectivity index (χ4v) is 4.10. The molecule has 2 N–H and O–H groups in total. The van der Waals surface area contributed by atoms with Gasteiger partial charge in [0.15, 0.2) is 0 Å². The third-order valence-corrected chi connectivity index (χ3v) is 5.64. The van der Waals surface area contributed by atoms with Crippen LogP contribution in [0.2, 0.25) is 0 Å². The first-order valence-electron chi connectivity index (χ1n) is 8.67. The zero-order valence-electron chi connectivity index (χ0n) is 12.7. The van der Waals surface area contributed by atoms with Gasteiger partial charge in [-0.05, 0) is 56.4 Å². The van der Waals surface area contributed by atoms with Gasteiger partial charge in [0.25, 0.3) is 0 Å². The van der Waals surface area contributed by atoms with Gasteiger partial charge in [-0.3, -0.25) is 0 Å². The molecular formula is C17H33NO. The molecule has 112 valence electrons. The van der Waals surface area contributed by atoms with Gasteiger partial charge in [-0.2, -0.15) is 0 Å². The number of rotatable bonds is 5. The van der Waals surface area contributed by atoms with E-state index in [1.54, 1.807) is 0 Å². The minimum atomic E-state index is 0.398. The zero-order valence-corrected chi connectivity index (χ0v) is 12.7. The van der Waals surface area contributed by atoms with Crippen molar-refractivity contribution in [3.05, 3.63) is 0 Å². The quantitative estimate of drug-likeness (QED) is 0.744. The largest absolute Gasteiger partial charge is 0.396 e. The summed E-state index contributed by atoms with van der Waals surface area (Å²) in [6.45, 7) is 3.88. The Morgan fingerprint density at radius 2 is 1.68 bits per heavy atom. The zero-order chi connectivity index (χ0) is 13.5. The third kappa shape index (κ3) is 4.75. The smallest absolute Gasteiger partial charge is 0.0462 e. The highest BCUT2D eigenvalue weighted by atomic mass is 16.3. The maximum Gasteiger partial charge on any atom is 0.0462 e. The molecule has 0 spiro atoms. The lowest BCUT2D eigenvalue weighted by Gasteiger charge is -2.31. The van der Waals surface area contributed by atoms with Gasteiger partial charge in [-0.25, -0.2) is 0 Å². The van der Waals surface area contributed by atoms with Crippen LogP contribution in [0.15, 0.2) is 0 Å². The maximum atomic E-state index is 9.48. The van der Waals surface area contributed by atoms with Crippen molar-refractivity contribution in [1.82, 2.24) is 5.32 Å². The van der Waals surface area contributed by atoms with E-state index < -0.39 is 0 Å². The normalized spacial score (nSPS) is 36.9. The van der Waals surface area contributed by atoms with Gasteiger partial charge >= 0.3 is 0 Å². The molecule has 0 bridgehead atoms. The summed E-state index contributed by atoms with van der Waals surface area (Å²) in [6.07, 6.45) is 13.6. The molecule has 19 heavy (non-hydrogen) atoms. The Labute approximate surface area is 119 Å². The second-order valence-corrected chi connectivity index (χ2v) is 6.87. The van der Waals surface area contributed by atoms with Crippen molar-refractivity contribution in [3.8, 4) is 0 Å². The van der Waals surface area contributed by atoms with Gasteiger partial charge in [0.1, 0.15) is 0 Å². The van der Waals surface area contributed by atoms with Crippen LogP contribution in [0.4, 0.5) is 0 Å². The molecule has 2 rings (SSSR count). The molecule has 2 heteroatoms. The number of hydrogen-bond donors (Lipinski definition) is 2. The van der Waals surface area contributed by atoms with Crippen LogP contribution in [-0.2, 0) is 0 Å². The molecule has 0 saturated heterocycles. The maximum absolute atomic E-state index is 9.48. The number of aliphatic hydroxyl groups excluding tert-OH is 1. The predicted molar refractivity (Wildman–Crippen MR) is 81.2 cm³/mol. The predicted octanol–water partition coefficient (Wildman–Crippen LogP) is 3.73. The fourth-order valence-electron chi connectivity index (χ4n) is 4.10. The van der Waals surface area contributed by atoms with Gasteiger partial charge in [0.2, 0.25) is 0 Å². The van der Waals surface area contributed by atoms with Crippen LogP contribution >= 0.6 is 0 Å². The number of nitrogens with one attached hydrogen (secondary N) is 1. The van der Waals surface area contributed by atoms with Crippen molar-refractivity contribution in [2.24, 2.45) is 17.8 Å². The molecule has 0 aliphatic heterocycles. The van der Waals surface area contributed by atoms with E-state index in [9.17, 15) is 5.11 Å². The molecule has 2 aliphatic rings. The van der Waals surface area contributed by atoms with Crippen LogP contribution in [0.25, 0.3) is 0 Å². The molecule has 2 fully saturated rings. The van der Waals surface area contributed by atoms with Crippen LogP contribution in [0.5, 0.6) is 0 Å². The molecule has 0 heterocycles. The van der Waals surface area contributed by atoms with E-state index in [-0.39, 0.29) is 0 Å². The number of aliphatic hydroxyl groups is 1. The van der Waals surface area contributed by atoms with E-state index >= 15 is 0 Å². The summed E-state index contributed by atoms with van der Waals surface area (Å²) in [5, 5.41) is 13.3. The molecule has 0 amide bonds. The molecule has 2 nitrogen and oxygen atoms in total. The van der Waals surface area contributed by atoms with Gasteiger partial charge in [-0.15, -0.1) is 0 Å². The highest BCUT2D eigenvalue weighted by Crippen LogP contribution is 2.30. The SMILES string of the molecule is CCC1CCCC(NCC2CCCCC2CO)CC1. The van der Waals surface area contributed by atoms with Crippen molar-refractivity contribution in [2.75, 3.05) is 13.2 Å². The van der Waals surface area contributed by atoms with E-state index in [1.807, 2.05) is 0 Å². The van der Waals surface area contributed by atoms with Crippen LogP contribution in [0.1, 0.15) is 71.1 Å². The minimum absolute atomic E-state index is 0.398. The summed E-state index contributed by atoms with van der Waals surface area (Å²) in [6, 6.07) is 0.748. The Hall–Kier alpha value is -0.0800. The molecule has 4 unspecified atom stereocenters. The average Bonchev–Trinajstić information content (AvgIpc) is 2.70. The Morgan fingerprint density at radius 3 is 2.42 bits per heavy atom. The highest BCUT2D eigenvalue weighted by molar-refractivity contribution is 4.80. The lowest BCUT2D eigenvalue weighted by atomic mass is 9.79. The lowest BCUT2D eigenvalue weighted by molar-refractivity contribution is 0.130. The third-order valence-electron chi connectivity index (χ3n) is 5.64. The van der Waals surface area contributed by atoms with Crippen molar-refractivity contribution in [2.45, 2.75) is 77.2 Å². The summed E-state index contributed by atoms with van der Waals surface area (Å²) in [4.78, 5) is 0. The Kier molecular flexibility index (Phi) is 6.66. The summed E-state index contributed by atoms with van der Waals surface area (Å²) in [5.41, 5.74) is 0. The summed E-state index contributed by atoms with van der Waals surface area (Å²) in [5.74, 6) is 2.27. The van der Waals surface area contributed by atoms with E-state index in [0.29, 0.717) is 12.5 Å². The molecule has 2 aliphatic carbocycles. The molecular weight excluding hydrogens is 234 g/mol. The Morgan fingerprint density at radius 1 is 0.895 bits per heavy atom. The van der Waals surface area contributed by atoms with Crippen molar-refractivity contribution in [3.63, 3.8) is 0 Å². The highest BCUT2D eigenvalue weighted by Gasteiger charge is 2.25. The second-order valence-electron chi connectivity index (χ2n) is 6.87. The van der Waals surface area contributed by atoms with E-state index in [1.165, 1.54) is 64.2 Å². The molecule has 0 aromatic rings. The van der Waals surface area contributed by atoms with Gasteiger partial charge in [0, 0.05) is 12.6 Å². The second kappa shape index (κ2) is 8.26. The first kappa shape index (κ1) is 15.3. The van der Waals surface area contributed by atoms with E-state index in [2.05, 4.69) is 12.2 Å². The van der Waals surface area contributed by atoms with Crippen LogP contribution < -0.4 is 5.32 Å². The Balaban J connectivity index is 1.72. The topological polar surface area (TPSA) is 32.3 Å². The first-order chi connectivity index (χ1) is 9.33. The van der Waals surface area contributed by atoms with Crippen LogP contribution in [-0.4, -0.2) is 24.3 Å². The van der Waals surface area contributed by atoms with E-state index in [4.69, 9.17) is 0 Å². The fraction of sp³-hybridized carbons (Fsp3) is 1.00. The monoisotopic (exact) mass is 267 g/mol. The van der Waals surface area contributed by atoms with Crippen molar-refractivity contribution >= 4 is 0 Å². The summed E-state index contributed by atoms with van der Waals surface area (Å²) >= 11 is 0. The van der Waals surface area contributed by atoms with Crippen LogP contribution in [0, 0.1) is 17.8 Å². The summed E-state index contributed by atoms with van der Waals surface area (Å²) in [7, 11) is 0. The summed E-state index contributed by atoms with van der Waals surface area (Å²) < 4.78 is 0. The Bertz CT molecular complexity index is 243. The van der Waals surface area contributed by atoms with Gasteiger partial charge in [0.05, 0.1) is 0 Å². The minimum Gasteiger partial charge on any atom is -0.396 e. The van der Waals surface area contributed by atoms with Crippen molar-refractivity contribution in [1.29, 1.82) is 0 Å². The molecule has 0 radical (unpaired) electrons. The lowest BCUT2D eigenvalue weighted by Crippen LogP contribution is -2.37. The molecule has 0 aromatic heterocycles. The van der Waals surface area contributed by atoms with E-state index in [0.717, 1.165) is 24.4 Å². The standard InChI is InChI=1S/C17H33NO/c1-2-14-6-5-9-17(11-10-14)18-12-15-7-3-4-8-16(15)13-19/h14-19H,2-13H2,1H3. The molecule has 0 aromatic carbocycles. The van der Waals surface area contributed by atoms with Gasteiger partial charge < -0.3 is 10.4 Å². The molecule has 4 atom stereocenters. The van der Waals surface area contributed by atoms with Gasteiger partial charge in [-0.1, -0.05) is 39.0 Å². The van der Waals surface area contributed by atoms with Crippen LogP contribution in [0.3, 0.4) is 0 Å². The average molecular weight is 267 g/mol. The molecule has 2 saturated carbocycles.